The predicted octanol–water partition coefficient (Wildman–Crippen LogP) is 0.145. The van der Waals surface area contributed by atoms with E-state index in [1.165, 1.54) is 6.69 Å². The molecule has 93 valence electrons. The Balaban J connectivity index is 2.76. The third-order valence-electron chi connectivity index (χ3n) is 2.72. The number of rotatable bonds is 7. The summed E-state index contributed by atoms with van der Waals surface area (Å²) in [5.74, 6) is -0.875. The molecule has 0 saturated heterocycles. The fourth-order valence-corrected chi connectivity index (χ4v) is 1.82. The Kier molecular flexibility index (Phi) is 6.36. The normalized spacial score (nSPS) is 12.1. The molecule has 1 aromatic rings. The first-order valence-electron chi connectivity index (χ1n) is 6.01. The quantitative estimate of drug-likeness (QED) is 0.676. The Morgan fingerprint density at radius 2 is 2.11 bits per heavy atom. The summed E-state index contributed by atoms with van der Waals surface area (Å²) in [6.45, 7) is 6.97. The van der Waals surface area contributed by atoms with Gasteiger partial charge in [0, 0.05) is 0 Å². The van der Waals surface area contributed by atoms with Crippen molar-refractivity contribution < 1.29 is 9.90 Å². The second-order valence-corrected chi connectivity index (χ2v) is 4.28. The number of aliphatic carboxylic acids is 1. The average molecular weight is 250 g/mol. The Morgan fingerprint density at radius 3 is 2.58 bits per heavy atom. The number of benzene rings is 1. The molecule has 0 aromatic heterocycles. The summed E-state index contributed by atoms with van der Waals surface area (Å²) in [4.78, 5) is 10.5. The van der Waals surface area contributed by atoms with Gasteiger partial charge in [-0.05, 0) is 0 Å². The van der Waals surface area contributed by atoms with Crippen LogP contribution in [0.25, 0.3) is 0 Å². The van der Waals surface area contributed by atoms with Crippen molar-refractivity contribution in [2.24, 2.45) is 5.73 Å². The Bertz CT molecular complexity index is 497. The van der Waals surface area contributed by atoms with Crippen molar-refractivity contribution in [2.45, 2.75) is 18.9 Å². The van der Waals surface area contributed by atoms with Crippen molar-refractivity contribution in [3.05, 3.63) is 48.0 Å². The molecule has 0 heterocycles. The average Bonchev–Trinajstić information content (AvgIpc) is 2.36. The summed E-state index contributed by atoms with van der Waals surface area (Å²) in [5, 5.41) is 8.66. The van der Waals surface area contributed by atoms with Gasteiger partial charge in [0.2, 0.25) is 0 Å². The number of hydrogen-bond acceptors (Lipinski definition) is 2. The zero-order valence-corrected chi connectivity index (χ0v) is 10.8. The van der Waals surface area contributed by atoms with Crippen molar-refractivity contribution in [2.75, 3.05) is 0 Å². The SMILES string of the molecule is [B]=BB=C(C=C)c1ccc(C[C@H](N)CC(=O)O)cc1. The molecule has 6 heteroatoms. The number of nitrogens with two attached hydrogens (primary N) is 1. The van der Waals surface area contributed by atoms with Crippen LogP contribution in [-0.2, 0) is 11.2 Å². The van der Waals surface area contributed by atoms with E-state index in [0.29, 0.717) is 6.42 Å². The van der Waals surface area contributed by atoms with Gasteiger partial charge in [0.1, 0.15) is 0 Å². The Labute approximate surface area is 115 Å². The zero-order chi connectivity index (χ0) is 14.3. The van der Waals surface area contributed by atoms with E-state index in [9.17, 15) is 4.79 Å². The summed E-state index contributed by atoms with van der Waals surface area (Å²) in [7, 11) is 5.36. The molecule has 0 unspecified atom stereocenters. The van der Waals surface area contributed by atoms with Crippen LogP contribution < -0.4 is 5.73 Å². The summed E-state index contributed by atoms with van der Waals surface area (Å²) >= 11 is 0. The fraction of sp³-hybridized carbons (Fsp3) is 0.231. The van der Waals surface area contributed by atoms with E-state index in [2.05, 4.69) is 6.58 Å². The summed E-state index contributed by atoms with van der Waals surface area (Å²) in [6, 6.07) is 7.39. The van der Waals surface area contributed by atoms with Gasteiger partial charge in [0.25, 0.3) is 0 Å². The van der Waals surface area contributed by atoms with Crippen LogP contribution in [0.15, 0.2) is 36.9 Å². The number of carboxylic acids is 1. The predicted molar refractivity (Wildman–Crippen MR) is 81.9 cm³/mol. The van der Waals surface area contributed by atoms with Crippen LogP contribution in [0.5, 0.6) is 0 Å². The second kappa shape index (κ2) is 7.79. The maximum absolute atomic E-state index is 10.5. The molecule has 0 aliphatic carbocycles. The van der Waals surface area contributed by atoms with E-state index >= 15 is 0 Å². The van der Waals surface area contributed by atoms with E-state index < -0.39 is 5.97 Å². The van der Waals surface area contributed by atoms with Crippen LogP contribution in [0.3, 0.4) is 0 Å². The van der Waals surface area contributed by atoms with Gasteiger partial charge >= 0.3 is 115 Å². The van der Waals surface area contributed by atoms with Gasteiger partial charge in [-0.25, -0.2) is 0 Å². The molecule has 1 radical (unpaired) electrons. The van der Waals surface area contributed by atoms with Gasteiger partial charge in [-0.2, -0.15) is 0 Å². The summed E-state index contributed by atoms with van der Waals surface area (Å²) in [5.41, 5.74) is 8.70. The summed E-state index contributed by atoms with van der Waals surface area (Å²) < 4.78 is 0. The number of carbonyl (C=O) groups is 1. The van der Waals surface area contributed by atoms with E-state index in [1.54, 1.807) is 12.9 Å². The van der Waals surface area contributed by atoms with Gasteiger partial charge in [-0.15, -0.1) is 0 Å². The first kappa shape index (κ1) is 15.5. The van der Waals surface area contributed by atoms with E-state index in [4.69, 9.17) is 18.2 Å². The van der Waals surface area contributed by atoms with Crippen LogP contribution in [0.1, 0.15) is 17.5 Å². The van der Waals surface area contributed by atoms with Gasteiger partial charge in [0.05, 0.1) is 0 Å². The van der Waals surface area contributed by atoms with Gasteiger partial charge in [0.15, 0.2) is 0 Å². The maximum atomic E-state index is 10.5. The standard InChI is InChI=1S/C13H15B3NO2/c1-2-12(15-16-14)10-5-3-9(4-6-10)7-11(17)8-13(18)19/h2-6,11H,1,7-8,17H2,(H,18,19)/t11-/m0/s1. The molecule has 1 aromatic carbocycles. The Morgan fingerprint density at radius 1 is 1.47 bits per heavy atom. The monoisotopic (exact) mass is 250 g/mol. The molecule has 1 atom stereocenters. The molecule has 0 fully saturated rings. The van der Waals surface area contributed by atoms with Crippen molar-refractivity contribution in [3.8, 4) is 0 Å². The summed E-state index contributed by atoms with van der Waals surface area (Å²) in [6.07, 6.45) is 2.25. The molecule has 1 rings (SSSR count). The molecule has 0 aliphatic rings. The molecular weight excluding hydrogens is 235 g/mol. The van der Waals surface area contributed by atoms with Crippen LogP contribution in [0.2, 0.25) is 0 Å². The minimum absolute atomic E-state index is 0.0261. The fourth-order valence-electron chi connectivity index (χ4n) is 1.82. The third kappa shape index (κ3) is 5.31. The molecular formula is C13H15B3NO2. The molecule has 0 aliphatic heterocycles. The zero-order valence-electron chi connectivity index (χ0n) is 10.8. The first-order valence-corrected chi connectivity index (χ1v) is 6.01. The third-order valence-corrected chi connectivity index (χ3v) is 2.72. The molecule has 3 nitrogen and oxygen atoms in total. The van der Waals surface area contributed by atoms with Gasteiger partial charge in [-0.1, -0.05) is 0 Å². The molecule has 0 spiro atoms. The minimum atomic E-state index is -0.875. The number of allylic oxidation sites excluding steroid dienone is 1. The van der Waals surface area contributed by atoms with E-state index in [1.807, 2.05) is 24.3 Å². The van der Waals surface area contributed by atoms with Crippen LogP contribution >= 0.6 is 0 Å². The van der Waals surface area contributed by atoms with Gasteiger partial charge < -0.3 is 0 Å². The van der Waals surface area contributed by atoms with Crippen molar-refractivity contribution in [1.29, 1.82) is 0 Å². The number of carboxylic acid groups (broad SMARTS) is 1. The van der Waals surface area contributed by atoms with Crippen molar-refractivity contribution >= 4 is 32.3 Å². The second-order valence-electron chi connectivity index (χ2n) is 4.28. The Hall–Kier alpha value is -1.55. The molecule has 0 saturated carbocycles. The van der Waals surface area contributed by atoms with E-state index in [0.717, 1.165) is 16.6 Å². The molecule has 0 amide bonds. The van der Waals surface area contributed by atoms with Crippen LogP contribution in [-0.4, -0.2) is 43.5 Å². The first-order chi connectivity index (χ1) is 9.06. The van der Waals surface area contributed by atoms with Gasteiger partial charge in [-0.3, -0.25) is 0 Å². The molecule has 3 N–H and O–H groups in total. The molecule has 19 heavy (non-hydrogen) atoms. The van der Waals surface area contributed by atoms with Crippen LogP contribution in [0.4, 0.5) is 0 Å². The van der Waals surface area contributed by atoms with Crippen molar-refractivity contribution in [3.63, 3.8) is 0 Å². The van der Waals surface area contributed by atoms with E-state index in [-0.39, 0.29) is 12.5 Å². The number of hydrogen-bond donors (Lipinski definition) is 2. The van der Waals surface area contributed by atoms with Crippen molar-refractivity contribution in [1.82, 2.24) is 0 Å². The topological polar surface area (TPSA) is 63.3 Å². The van der Waals surface area contributed by atoms with Crippen LogP contribution in [0, 0.1) is 0 Å². The molecule has 0 bridgehead atoms.